The van der Waals surface area contributed by atoms with Crippen molar-refractivity contribution in [2.45, 2.75) is 0 Å². The molecule has 0 bridgehead atoms. The van der Waals surface area contributed by atoms with Gasteiger partial charge in [-0.05, 0) is 30.3 Å². The van der Waals surface area contributed by atoms with Gasteiger partial charge >= 0.3 is 0 Å². The summed E-state index contributed by atoms with van der Waals surface area (Å²) in [6.07, 6.45) is 0. The van der Waals surface area contributed by atoms with Crippen molar-refractivity contribution in [3.05, 3.63) is 64.5 Å². The molecule has 2 aromatic carbocycles. The van der Waals surface area contributed by atoms with Crippen molar-refractivity contribution in [1.29, 1.82) is 0 Å². The minimum atomic E-state index is -0.364. The largest absolute Gasteiger partial charge is 0.497 e. The average Bonchev–Trinajstić information content (AvgIpc) is 3.14. The van der Waals surface area contributed by atoms with Gasteiger partial charge in [-0.2, -0.15) is 0 Å². The Kier molecular flexibility index (Phi) is 6.05. The van der Waals surface area contributed by atoms with Gasteiger partial charge in [0.1, 0.15) is 5.75 Å². The third kappa shape index (κ3) is 4.84. The number of hydrogen-bond donors (Lipinski definition) is 2. The number of carbonyl (C=O) groups is 2. The third-order valence-electron chi connectivity index (χ3n) is 3.66. The minimum Gasteiger partial charge on any atom is -0.497 e. The second-order valence-electron chi connectivity index (χ2n) is 5.48. The van der Waals surface area contributed by atoms with E-state index < -0.39 is 0 Å². The highest BCUT2D eigenvalue weighted by molar-refractivity contribution is 7.14. The summed E-state index contributed by atoms with van der Waals surface area (Å²) >= 11 is 7.45. The number of nitrogens with zero attached hydrogens (tertiary/aromatic N) is 1. The Balaban J connectivity index is 1.55. The van der Waals surface area contributed by atoms with Gasteiger partial charge in [0.25, 0.3) is 5.91 Å². The maximum absolute atomic E-state index is 12.1. The third-order valence-corrected chi connectivity index (χ3v) is 4.75. The van der Waals surface area contributed by atoms with E-state index >= 15 is 0 Å². The number of nitrogens with one attached hydrogen (secondary N) is 2. The quantitative estimate of drug-likeness (QED) is 0.657. The molecule has 27 heavy (non-hydrogen) atoms. The summed E-state index contributed by atoms with van der Waals surface area (Å²) < 4.78 is 5.04. The Hall–Kier alpha value is -2.90. The molecule has 3 aromatic rings. The number of thiazole rings is 1. The highest BCUT2D eigenvalue weighted by Gasteiger charge is 2.12. The second kappa shape index (κ2) is 8.66. The fourth-order valence-electron chi connectivity index (χ4n) is 2.29. The Morgan fingerprint density at radius 2 is 1.89 bits per heavy atom. The van der Waals surface area contributed by atoms with E-state index in [2.05, 4.69) is 15.6 Å². The Bertz CT molecular complexity index is 957. The fourth-order valence-corrected chi connectivity index (χ4v) is 3.25. The lowest BCUT2D eigenvalue weighted by Crippen LogP contribution is -2.32. The van der Waals surface area contributed by atoms with E-state index in [-0.39, 0.29) is 18.4 Å². The van der Waals surface area contributed by atoms with Gasteiger partial charge in [-0.3, -0.25) is 9.59 Å². The van der Waals surface area contributed by atoms with Gasteiger partial charge in [0.2, 0.25) is 5.91 Å². The fraction of sp³-hybridized carbons (Fsp3) is 0.105. The monoisotopic (exact) mass is 401 g/mol. The van der Waals surface area contributed by atoms with Gasteiger partial charge in [0.15, 0.2) is 5.13 Å². The molecule has 6 nitrogen and oxygen atoms in total. The normalized spacial score (nSPS) is 10.3. The van der Waals surface area contributed by atoms with Gasteiger partial charge in [-0.25, -0.2) is 4.98 Å². The molecule has 1 heterocycles. The molecule has 0 radical (unpaired) electrons. The van der Waals surface area contributed by atoms with E-state index in [4.69, 9.17) is 16.3 Å². The lowest BCUT2D eigenvalue weighted by atomic mass is 10.2. The molecule has 2 N–H and O–H groups in total. The second-order valence-corrected chi connectivity index (χ2v) is 6.74. The van der Waals surface area contributed by atoms with Gasteiger partial charge in [0, 0.05) is 21.5 Å². The number of methoxy groups -OCH3 is 1. The van der Waals surface area contributed by atoms with Gasteiger partial charge in [-0.1, -0.05) is 29.8 Å². The van der Waals surface area contributed by atoms with Crippen LogP contribution in [0.15, 0.2) is 53.9 Å². The van der Waals surface area contributed by atoms with E-state index in [1.54, 1.807) is 37.4 Å². The van der Waals surface area contributed by atoms with Crippen LogP contribution in [0.1, 0.15) is 10.4 Å². The zero-order valence-electron chi connectivity index (χ0n) is 14.4. The summed E-state index contributed by atoms with van der Waals surface area (Å²) in [6, 6.07) is 14.0. The first kappa shape index (κ1) is 18.9. The molecule has 0 aliphatic carbocycles. The first-order chi connectivity index (χ1) is 13.1. The van der Waals surface area contributed by atoms with Crippen LogP contribution in [0.3, 0.4) is 0 Å². The minimum absolute atomic E-state index is 0.161. The lowest BCUT2D eigenvalue weighted by molar-refractivity contribution is -0.115. The molecule has 3 rings (SSSR count). The van der Waals surface area contributed by atoms with Crippen molar-refractivity contribution in [2.75, 3.05) is 19.0 Å². The molecule has 0 aliphatic heterocycles. The predicted molar refractivity (Wildman–Crippen MR) is 107 cm³/mol. The zero-order chi connectivity index (χ0) is 19.2. The molecule has 8 heteroatoms. The summed E-state index contributed by atoms with van der Waals surface area (Å²) in [6.45, 7) is -0.161. The van der Waals surface area contributed by atoms with E-state index in [1.165, 1.54) is 11.3 Å². The smallest absolute Gasteiger partial charge is 0.251 e. The molecule has 0 fully saturated rings. The average molecular weight is 402 g/mol. The number of amides is 2. The highest BCUT2D eigenvalue weighted by atomic mass is 35.5. The van der Waals surface area contributed by atoms with E-state index in [1.807, 2.05) is 23.6 Å². The Morgan fingerprint density at radius 3 is 2.59 bits per heavy atom. The van der Waals surface area contributed by atoms with Gasteiger partial charge in [-0.15, -0.1) is 11.3 Å². The molecule has 2 amide bonds. The number of rotatable bonds is 6. The molecule has 0 spiro atoms. The summed E-state index contributed by atoms with van der Waals surface area (Å²) in [7, 11) is 1.55. The van der Waals surface area contributed by atoms with Gasteiger partial charge in [0.05, 0.1) is 19.3 Å². The van der Waals surface area contributed by atoms with Crippen molar-refractivity contribution < 1.29 is 14.3 Å². The van der Waals surface area contributed by atoms with Crippen molar-refractivity contribution in [3.63, 3.8) is 0 Å². The summed E-state index contributed by atoms with van der Waals surface area (Å²) in [5.41, 5.74) is 1.92. The SMILES string of the molecule is COc1ccc(C(=O)NCC(=O)Nc2nc(-c3ccccc3Cl)cs2)cc1. The number of anilines is 1. The highest BCUT2D eigenvalue weighted by Crippen LogP contribution is 2.30. The van der Waals surface area contributed by atoms with Crippen LogP contribution >= 0.6 is 22.9 Å². The molecular weight excluding hydrogens is 386 g/mol. The molecule has 0 atom stereocenters. The van der Waals surface area contributed by atoms with Gasteiger partial charge < -0.3 is 15.4 Å². The van der Waals surface area contributed by atoms with Crippen LogP contribution in [0.5, 0.6) is 5.75 Å². The number of benzene rings is 2. The zero-order valence-corrected chi connectivity index (χ0v) is 15.9. The van der Waals surface area contributed by atoms with Crippen molar-refractivity contribution >= 4 is 39.9 Å². The maximum atomic E-state index is 12.1. The molecular formula is C19H16ClN3O3S. The van der Waals surface area contributed by atoms with Crippen LogP contribution < -0.4 is 15.4 Å². The number of hydrogen-bond acceptors (Lipinski definition) is 5. The van der Waals surface area contributed by atoms with Crippen molar-refractivity contribution in [1.82, 2.24) is 10.3 Å². The topological polar surface area (TPSA) is 80.3 Å². The van der Waals surface area contributed by atoms with Crippen LogP contribution in [0.2, 0.25) is 5.02 Å². The van der Waals surface area contributed by atoms with E-state index in [9.17, 15) is 9.59 Å². The number of ether oxygens (including phenoxy) is 1. The molecule has 0 aliphatic rings. The molecule has 1 aromatic heterocycles. The standard InChI is InChI=1S/C19H16ClN3O3S/c1-26-13-8-6-12(7-9-13)18(25)21-10-17(24)23-19-22-16(11-27-19)14-4-2-3-5-15(14)20/h2-9,11H,10H2,1H3,(H,21,25)(H,22,23,24). The van der Waals surface area contributed by atoms with Crippen LogP contribution in [0, 0.1) is 0 Å². The predicted octanol–water partition coefficient (Wildman–Crippen LogP) is 3.84. The molecule has 0 saturated heterocycles. The van der Waals surface area contributed by atoms with Crippen LogP contribution in [-0.4, -0.2) is 30.5 Å². The van der Waals surface area contributed by atoms with E-state index in [0.717, 1.165) is 5.56 Å². The Morgan fingerprint density at radius 1 is 1.15 bits per heavy atom. The molecule has 0 saturated carbocycles. The molecule has 138 valence electrons. The van der Waals surface area contributed by atoms with Crippen LogP contribution in [-0.2, 0) is 4.79 Å². The lowest BCUT2D eigenvalue weighted by Gasteiger charge is -2.06. The number of halogens is 1. The first-order valence-corrected chi connectivity index (χ1v) is 9.25. The van der Waals surface area contributed by atoms with Crippen molar-refractivity contribution in [3.8, 4) is 17.0 Å². The Labute approximate surface area is 165 Å². The number of aromatic nitrogens is 1. The summed E-state index contributed by atoms with van der Waals surface area (Å²) in [5.74, 6) is -0.0528. The summed E-state index contributed by atoms with van der Waals surface area (Å²) in [5, 5.41) is 8.08. The van der Waals surface area contributed by atoms with Crippen LogP contribution in [0.4, 0.5) is 5.13 Å². The molecule has 0 unspecified atom stereocenters. The van der Waals surface area contributed by atoms with E-state index in [0.29, 0.717) is 27.2 Å². The van der Waals surface area contributed by atoms with Crippen LogP contribution in [0.25, 0.3) is 11.3 Å². The first-order valence-electron chi connectivity index (χ1n) is 7.99. The maximum Gasteiger partial charge on any atom is 0.251 e. The van der Waals surface area contributed by atoms with Crippen molar-refractivity contribution in [2.24, 2.45) is 0 Å². The number of carbonyl (C=O) groups excluding carboxylic acids is 2. The summed E-state index contributed by atoms with van der Waals surface area (Å²) in [4.78, 5) is 28.5.